The minimum Gasteiger partial charge on any atom is -0.355 e. The molecule has 14 heavy (non-hydrogen) atoms. The van der Waals surface area contributed by atoms with E-state index in [2.05, 4.69) is 20.8 Å². The van der Waals surface area contributed by atoms with Gasteiger partial charge in [0.2, 0.25) is 0 Å². The van der Waals surface area contributed by atoms with Gasteiger partial charge in [0.25, 0.3) is 0 Å². The Morgan fingerprint density at radius 2 is 2.21 bits per heavy atom. The van der Waals surface area contributed by atoms with E-state index in [0.717, 1.165) is 12.1 Å². The number of ether oxygens (including phenoxy) is 1. The Morgan fingerprint density at radius 1 is 1.50 bits per heavy atom. The minimum absolute atomic E-state index is 0.167. The zero-order valence-electron chi connectivity index (χ0n) is 9.16. The molecule has 0 saturated carbocycles. The topological polar surface area (TPSA) is 32.7 Å². The van der Waals surface area contributed by atoms with Gasteiger partial charge in [0.1, 0.15) is 6.73 Å². The molecule has 0 aromatic carbocycles. The molecule has 0 bridgehead atoms. The second-order valence-electron chi connectivity index (χ2n) is 4.72. The normalized spacial score (nSPS) is 24.9. The van der Waals surface area contributed by atoms with Crippen LogP contribution in [0.15, 0.2) is 23.9 Å². The highest BCUT2D eigenvalue weighted by Gasteiger charge is 2.17. The Balaban J connectivity index is 2.70. The van der Waals surface area contributed by atoms with Crippen molar-refractivity contribution in [3.63, 3.8) is 0 Å². The molecule has 1 aliphatic heterocycles. The number of allylic oxidation sites excluding steroid dienone is 3. The molecule has 0 aromatic heterocycles. The third-order valence-electron chi connectivity index (χ3n) is 1.90. The Hall–Kier alpha value is -0.800. The zero-order chi connectivity index (χ0) is 10.6. The molecule has 0 radical (unpaired) electrons. The molecule has 1 rings (SSSR count). The molecule has 1 aliphatic rings. The van der Waals surface area contributed by atoms with E-state index >= 15 is 0 Å². The summed E-state index contributed by atoms with van der Waals surface area (Å²) in [6.45, 7) is 7.23. The summed E-state index contributed by atoms with van der Waals surface area (Å²) in [4.78, 5) is 0. The molecule has 3 nitrogen and oxygen atoms in total. The maximum Gasteiger partial charge on any atom is 0.143 e. The number of nitrogens with zero attached hydrogens (tertiary/aromatic N) is 1. The first kappa shape index (κ1) is 11.3. The van der Waals surface area contributed by atoms with Crippen LogP contribution in [0.4, 0.5) is 0 Å². The van der Waals surface area contributed by atoms with E-state index in [4.69, 9.17) is 4.74 Å². The van der Waals surface area contributed by atoms with Gasteiger partial charge < -0.3 is 4.74 Å². The summed E-state index contributed by atoms with van der Waals surface area (Å²) in [7, 11) is 0. The lowest BCUT2D eigenvalue weighted by Crippen LogP contribution is -2.25. The quantitative estimate of drug-likeness (QED) is 0.701. The number of hydroxylamine groups is 2. The van der Waals surface area contributed by atoms with Gasteiger partial charge in [-0.05, 0) is 17.9 Å². The predicted molar refractivity (Wildman–Crippen MR) is 55.7 cm³/mol. The standard InChI is InChI=1S/C11H19NO2/c1-11(2,3)8-10-6-4-5-7-14-9-12(10)13/h4-6,13H,7-9H2,1-3H3/b5-4-,10-6+. The lowest BCUT2D eigenvalue weighted by Gasteiger charge is -2.26. The van der Waals surface area contributed by atoms with E-state index in [-0.39, 0.29) is 12.1 Å². The Bertz CT molecular complexity index is 238. The summed E-state index contributed by atoms with van der Waals surface area (Å²) in [5.74, 6) is 0. The monoisotopic (exact) mass is 197 g/mol. The molecule has 0 saturated heterocycles. The van der Waals surface area contributed by atoms with E-state index in [9.17, 15) is 5.21 Å². The predicted octanol–water partition coefficient (Wildman–Crippen LogP) is 2.54. The van der Waals surface area contributed by atoms with E-state index in [1.165, 1.54) is 5.06 Å². The van der Waals surface area contributed by atoms with Crippen LogP contribution >= 0.6 is 0 Å². The van der Waals surface area contributed by atoms with E-state index in [0.29, 0.717) is 6.61 Å². The van der Waals surface area contributed by atoms with Crippen LogP contribution in [0.1, 0.15) is 27.2 Å². The molecule has 1 N–H and O–H groups in total. The van der Waals surface area contributed by atoms with Crippen LogP contribution in [0, 0.1) is 5.41 Å². The van der Waals surface area contributed by atoms with Crippen molar-refractivity contribution in [2.45, 2.75) is 27.2 Å². The molecule has 0 fully saturated rings. The molecule has 0 amide bonds. The molecule has 0 aromatic rings. The van der Waals surface area contributed by atoms with Crippen molar-refractivity contribution in [2.24, 2.45) is 5.41 Å². The Kier molecular flexibility index (Phi) is 3.72. The summed E-state index contributed by atoms with van der Waals surface area (Å²) < 4.78 is 5.18. The van der Waals surface area contributed by atoms with Crippen LogP contribution in [-0.4, -0.2) is 23.6 Å². The lowest BCUT2D eigenvalue weighted by atomic mass is 9.90. The molecule has 0 aliphatic carbocycles. The van der Waals surface area contributed by atoms with Gasteiger partial charge in [-0.15, -0.1) is 0 Å². The fourth-order valence-corrected chi connectivity index (χ4v) is 1.30. The Morgan fingerprint density at radius 3 is 2.86 bits per heavy atom. The summed E-state index contributed by atoms with van der Waals surface area (Å²) in [6.07, 6.45) is 6.63. The van der Waals surface area contributed by atoms with Crippen molar-refractivity contribution >= 4 is 0 Å². The molecule has 3 heteroatoms. The van der Waals surface area contributed by atoms with Gasteiger partial charge in [-0.1, -0.05) is 32.9 Å². The van der Waals surface area contributed by atoms with Crippen molar-refractivity contribution in [1.29, 1.82) is 0 Å². The van der Waals surface area contributed by atoms with Crippen LogP contribution in [0.3, 0.4) is 0 Å². The van der Waals surface area contributed by atoms with E-state index < -0.39 is 0 Å². The first-order valence-electron chi connectivity index (χ1n) is 4.89. The zero-order valence-corrected chi connectivity index (χ0v) is 9.16. The third-order valence-corrected chi connectivity index (χ3v) is 1.90. The highest BCUT2D eigenvalue weighted by molar-refractivity contribution is 5.12. The molecular formula is C11H19NO2. The van der Waals surface area contributed by atoms with Crippen molar-refractivity contribution in [1.82, 2.24) is 5.06 Å². The van der Waals surface area contributed by atoms with Crippen LogP contribution in [0.2, 0.25) is 0 Å². The highest BCUT2D eigenvalue weighted by atomic mass is 16.6. The van der Waals surface area contributed by atoms with Crippen LogP contribution in [-0.2, 0) is 4.74 Å². The molecule has 0 spiro atoms. The van der Waals surface area contributed by atoms with Gasteiger partial charge in [0.15, 0.2) is 0 Å². The summed E-state index contributed by atoms with van der Waals surface area (Å²) in [5, 5.41) is 10.8. The smallest absolute Gasteiger partial charge is 0.143 e. The fourth-order valence-electron chi connectivity index (χ4n) is 1.30. The van der Waals surface area contributed by atoms with Crippen molar-refractivity contribution in [3.05, 3.63) is 23.9 Å². The SMILES string of the molecule is CC(C)(C)C/C1=C\C=C/COCN1O. The number of hydrogen-bond acceptors (Lipinski definition) is 3. The second-order valence-corrected chi connectivity index (χ2v) is 4.72. The van der Waals surface area contributed by atoms with Gasteiger partial charge in [-0.3, -0.25) is 5.21 Å². The van der Waals surface area contributed by atoms with Crippen LogP contribution in [0.25, 0.3) is 0 Å². The molecule has 1 heterocycles. The molecule has 0 atom stereocenters. The fraction of sp³-hybridized carbons (Fsp3) is 0.636. The van der Waals surface area contributed by atoms with Gasteiger partial charge in [0.05, 0.1) is 6.61 Å². The Labute approximate surface area is 85.6 Å². The largest absolute Gasteiger partial charge is 0.355 e. The number of hydrogen-bond donors (Lipinski definition) is 1. The van der Waals surface area contributed by atoms with Crippen molar-refractivity contribution < 1.29 is 9.94 Å². The first-order chi connectivity index (χ1) is 6.49. The van der Waals surface area contributed by atoms with Crippen LogP contribution in [0.5, 0.6) is 0 Å². The number of rotatable bonds is 1. The van der Waals surface area contributed by atoms with Crippen molar-refractivity contribution in [2.75, 3.05) is 13.3 Å². The molecular weight excluding hydrogens is 178 g/mol. The lowest BCUT2D eigenvalue weighted by molar-refractivity contribution is -0.133. The minimum atomic E-state index is 0.167. The summed E-state index contributed by atoms with van der Waals surface area (Å²) in [5.41, 5.74) is 1.06. The maximum atomic E-state index is 9.64. The van der Waals surface area contributed by atoms with Gasteiger partial charge in [0, 0.05) is 5.70 Å². The van der Waals surface area contributed by atoms with Gasteiger partial charge in [-0.25, -0.2) is 5.06 Å². The van der Waals surface area contributed by atoms with Crippen molar-refractivity contribution in [3.8, 4) is 0 Å². The second kappa shape index (κ2) is 4.62. The first-order valence-corrected chi connectivity index (χ1v) is 4.89. The van der Waals surface area contributed by atoms with Gasteiger partial charge >= 0.3 is 0 Å². The van der Waals surface area contributed by atoms with E-state index in [1.807, 2.05) is 18.2 Å². The summed E-state index contributed by atoms with van der Waals surface area (Å²) in [6, 6.07) is 0. The average molecular weight is 197 g/mol. The molecule has 0 unspecified atom stereocenters. The summed E-state index contributed by atoms with van der Waals surface area (Å²) >= 11 is 0. The van der Waals surface area contributed by atoms with Gasteiger partial charge in [-0.2, -0.15) is 0 Å². The van der Waals surface area contributed by atoms with E-state index in [1.54, 1.807) is 0 Å². The van der Waals surface area contributed by atoms with Crippen LogP contribution < -0.4 is 0 Å². The third kappa shape index (κ3) is 3.94. The molecule has 80 valence electrons. The average Bonchev–Trinajstić information content (AvgIpc) is 2.03. The highest BCUT2D eigenvalue weighted by Crippen LogP contribution is 2.25. The maximum absolute atomic E-state index is 9.64.